The number of aromatic hydroxyl groups is 1. The molecule has 0 aliphatic heterocycles. The van der Waals surface area contributed by atoms with Gasteiger partial charge in [-0.15, -0.1) is 0 Å². The Balaban J connectivity index is 2.07. The van der Waals surface area contributed by atoms with E-state index < -0.39 is 5.97 Å². The second-order valence-corrected chi connectivity index (χ2v) is 6.97. The van der Waals surface area contributed by atoms with Crippen LogP contribution in [0, 0.1) is 0 Å². The van der Waals surface area contributed by atoms with Crippen molar-refractivity contribution in [2.45, 2.75) is 0 Å². The van der Waals surface area contributed by atoms with Crippen molar-refractivity contribution >= 4 is 34.2 Å². The van der Waals surface area contributed by atoms with Gasteiger partial charge in [0, 0.05) is 36.4 Å². The first-order valence-corrected chi connectivity index (χ1v) is 9.42. The molecule has 1 heterocycles. The summed E-state index contributed by atoms with van der Waals surface area (Å²) in [6.07, 6.45) is 1.46. The van der Waals surface area contributed by atoms with E-state index in [9.17, 15) is 14.7 Å². The fourth-order valence-corrected chi connectivity index (χ4v) is 2.86. The van der Waals surface area contributed by atoms with Crippen molar-refractivity contribution in [3.63, 3.8) is 0 Å². The monoisotopic (exact) mass is 408 g/mol. The van der Waals surface area contributed by atoms with E-state index in [1.807, 2.05) is 19.0 Å². The molecule has 156 valence electrons. The number of benzene rings is 2. The molecular formula is C22H24N4O4. The number of anilines is 2. The topological polar surface area (TPSA) is 104 Å². The Hall–Kier alpha value is -3.65. The summed E-state index contributed by atoms with van der Waals surface area (Å²) in [7, 11) is 5.34. The zero-order chi connectivity index (χ0) is 21.7. The lowest BCUT2D eigenvalue weighted by molar-refractivity contribution is 0.0482. The molecule has 0 radical (unpaired) electrons. The Bertz CT molecular complexity index is 1060. The SMILES string of the molecule is CNC(=O)c1ccc2ncc(C(=O)OCCN(C)C)c(Nc3ccc(O)cc3)c2c1. The van der Waals surface area contributed by atoms with E-state index in [1.165, 1.54) is 18.3 Å². The van der Waals surface area contributed by atoms with E-state index >= 15 is 0 Å². The van der Waals surface area contributed by atoms with Gasteiger partial charge >= 0.3 is 5.97 Å². The van der Waals surface area contributed by atoms with E-state index in [1.54, 1.807) is 37.4 Å². The lowest BCUT2D eigenvalue weighted by Gasteiger charge is -2.16. The smallest absolute Gasteiger partial charge is 0.341 e. The fourth-order valence-electron chi connectivity index (χ4n) is 2.86. The van der Waals surface area contributed by atoms with Gasteiger partial charge in [-0.25, -0.2) is 4.79 Å². The third-order valence-corrected chi connectivity index (χ3v) is 4.49. The number of fused-ring (bicyclic) bond motifs is 1. The number of likely N-dealkylation sites (N-methyl/N-ethyl adjacent to an activating group) is 1. The van der Waals surface area contributed by atoms with Crippen LogP contribution >= 0.6 is 0 Å². The van der Waals surface area contributed by atoms with Gasteiger partial charge in [0.2, 0.25) is 0 Å². The molecule has 3 aromatic rings. The maximum atomic E-state index is 12.8. The summed E-state index contributed by atoms with van der Waals surface area (Å²) >= 11 is 0. The van der Waals surface area contributed by atoms with Crippen LogP contribution in [0.3, 0.4) is 0 Å². The Morgan fingerprint density at radius 3 is 2.53 bits per heavy atom. The van der Waals surface area contributed by atoms with Crippen LogP contribution in [0.5, 0.6) is 5.75 Å². The molecule has 3 rings (SSSR count). The zero-order valence-corrected chi connectivity index (χ0v) is 17.1. The standard InChI is InChI=1S/C22H24N4O4/c1-23-21(28)14-4-9-19-17(12-14)20(25-15-5-7-16(27)8-6-15)18(13-24-19)22(29)30-11-10-26(2)3/h4-9,12-13,27H,10-11H2,1-3H3,(H,23,28)(H,24,25). The largest absolute Gasteiger partial charge is 0.508 e. The van der Waals surface area contributed by atoms with Crippen LogP contribution in [0.4, 0.5) is 11.4 Å². The number of amides is 1. The Labute approximate surface area is 174 Å². The average molecular weight is 408 g/mol. The molecule has 1 aromatic heterocycles. The van der Waals surface area contributed by atoms with Gasteiger partial charge in [-0.2, -0.15) is 0 Å². The highest BCUT2D eigenvalue weighted by Gasteiger charge is 2.18. The quantitative estimate of drug-likeness (QED) is 0.408. The number of nitrogens with one attached hydrogen (secondary N) is 2. The number of nitrogens with zero attached hydrogens (tertiary/aromatic N) is 2. The third-order valence-electron chi connectivity index (χ3n) is 4.49. The summed E-state index contributed by atoms with van der Waals surface area (Å²) in [5.41, 5.74) is 2.45. The molecule has 3 N–H and O–H groups in total. The minimum atomic E-state index is -0.516. The molecule has 2 aromatic carbocycles. The van der Waals surface area contributed by atoms with Gasteiger partial charge in [-0.3, -0.25) is 9.78 Å². The fraction of sp³-hybridized carbons (Fsp3) is 0.227. The number of aromatic nitrogens is 1. The molecule has 0 unspecified atom stereocenters. The number of ether oxygens (including phenoxy) is 1. The first-order valence-electron chi connectivity index (χ1n) is 9.42. The maximum absolute atomic E-state index is 12.8. The van der Waals surface area contributed by atoms with Gasteiger partial charge in [-0.05, 0) is 56.6 Å². The van der Waals surface area contributed by atoms with Crippen molar-refractivity contribution in [1.29, 1.82) is 0 Å². The van der Waals surface area contributed by atoms with Gasteiger partial charge in [0.1, 0.15) is 17.9 Å². The van der Waals surface area contributed by atoms with Crippen LogP contribution in [-0.4, -0.2) is 61.2 Å². The summed E-state index contributed by atoms with van der Waals surface area (Å²) in [5.74, 6) is -0.630. The highest BCUT2D eigenvalue weighted by atomic mass is 16.5. The number of carbonyl (C=O) groups is 2. The van der Waals surface area contributed by atoms with Crippen LogP contribution in [0.2, 0.25) is 0 Å². The predicted molar refractivity (Wildman–Crippen MR) is 115 cm³/mol. The van der Waals surface area contributed by atoms with Crippen LogP contribution in [-0.2, 0) is 4.74 Å². The molecular weight excluding hydrogens is 384 g/mol. The summed E-state index contributed by atoms with van der Waals surface area (Å²) < 4.78 is 5.40. The van der Waals surface area contributed by atoms with E-state index in [2.05, 4.69) is 15.6 Å². The van der Waals surface area contributed by atoms with Crippen LogP contribution in [0.25, 0.3) is 10.9 Å². The molecule has 0 aliphatic carbocycles. The normalized spacial score (nSPS) is 10.8. The molecule has 0 bridgehead atoms. The second-order valence-electron chi connectivity index (χ2n) is 6.97. The number of hydrogen-bond acceptors (Lipinski definition) is 7. The second kappa shape index (κ2) is 9.23. The van der Waals surface area contributed by atoms with Crippen molar-refractivity contribution < 1.29 is 19.4 Å². The third kappa shape index (κ3) is 4.84. The van der Waals surface area contributed by atoms with Crippen molar-refractivity contribution in [2.75, 3.05) is 39.6 Å². The van der Waals surface area contributed by atoms with Crippen LogP contribution in [0.15, 0.2) is 48.7 Å². The van der Waals surface area contributed by atoms with Gasteiger partial charge in [0.25, 0.3) is 5.91 Å². The van der Waals surface area contributed by atoms with E-state index in [4.69, 9.17) is 4.74 Å². The lowest BCUT2D eigenvalue weighted by atomic mass is 10.1. The minimum absolute atomic E-state index is 0.130. The molecule has 0 spiro atoms. The van der Waals surface area contributed by atoms with Gasteiger partial charge in [0.15, 0.2) is 0 Å². The van der Waals surface area contributed by atoms with E-state index in [-0.39, 0.29) is 23.8 Å². The Kier molecular flexibility index (Phi) is 6.48. The van der Waals surface area contributed by atoms with E-state index in [0.29, 0.717) is 34.4 Å². The zero-order valence-electron chi connectivity index (χ0n) is 17.1. The highest BCUT2D eigenvalue weighted by molar-refractivity contribution is 6.08. The van der Waals surface area contributed by atoms with Gasteiger partial charge in [0.05, 0.1) is 11.2 Å². The van der Waals surface area contributed by atoms with Gasteiger partial charge in [-0.1, -0.05) is 0 Å². The van der Waals surface area contributed by atoms with Gasteiger partial charge < -0.3 is 25.4 Å². The van der Waals surface area contributed by atoms with Crippen molar-refractivity contribution in [2.24, 2.45) is 0 Å². The Morgan fingerprint density at radius 1 is 1.13 bits per heavy atom. The summed E-state index contributed by atoms with van der Waals surface area (Å²) in [4.78, 5) is 31.2. The number of pyridine rings is 1. The van der Waals surface area contributed by atoms with Crippen molar-refractivity contribution in [1.82, 2.24) is 15.2 Å². The predicted octanol–water partition coefficient (Wildman–Crippen LogP) is 2.76. The Morgan fingerprint density at radius 2 is 1.87 bits per heavy atom. The molecule has 0 saturated carbocycles. The minimum Gasteiger partial charge on any atom is -0.508 e. The first kappa shape index (κ1) is 21.1. The number of esters is 1. The maximum Gasteiger partial charge on any atom is 0.341 e. The molecule has 8 heteroatoms. The summed E-state index contributed by atoms with van der Waals surface area (Å²) in [5, 5.41) is 16.0. The molecule has 0 atom stereocenters. The molecule has 1 amide bonds. The molecule has 0 aliphatic rings. The average Bonchev–Trinajstić information content (AvgIpc) is 2.74. The molecule has 8 nitrogen and oxygen atoms in total. The highest BCUT2D eigenvalue weighted by Crippen LogP contribution is 2.31. The van der Waals surface area contributed by atoms with Crippen LogP contribution < -0.4 is 10.6 Å². The van der Waals surface area contributed by atoms with Crippen LogP contribution in [0.1, 0.15) is 20.7 Å². The summed E-state index contributed by atoms with van der Waals surface area (Å²) in [6, 6.07) is 11.5. The molecule has 30 heavy (non-hydrogen) atoms. The number of rotatable bonds is 7. The van der Waals surface area contributed by atoms with Crippen molar-refractivity contribution in [3.05, 3.63) is 59.8 Å². The molecule has 0 saturated heterocycles. The molecule has 0 fully saturated rings. The van der Waals surface area contributed by atoms with E-state index in [0.717, 1.165) is 0 Å². The van der Waals surface area contributed by atoms with Crippen molar-refractivity contribution in [3.8, 4) is 5.75 Å². The summed E-state index contributed by atoms with van der Waals surface area (Å²) in [6.45, 7) is 0.828. The first-order chi connectivity index (χ1) is 14.4. The number of phenolic OH excluding ortho intramolecular Hbond substituents is 1. The number of carbonyl (C=O) groups excluding carboxylic acids is 2. The number of phenols is 1. The number of hydrogen-bond donors (Lipinski definition) is 3. The lowest BCUT2D eigenvalue weighted by Crippen LogP contribution is -2.20.